The van der Waals surface area contributed by atoms with Crippen LogP contribution in [0.2, 0.25) is 0 Å². The molecule has 3 amide bonds. The Kier molecular flexibility index (Phi) is 6.14. The van der Waals surface area contributed by atoms with Crippen molar-refractivity contribution in [2.75, 3.05) is 38.2 Å². The van der Waals surface area contributed by atoms with E-state index in [1.54, 1.807) is 11.1 Å². The van der Waals surface area contributed by atoms with Gasteiger partial charge in [-0.1, -0.05) is 6.07 Å². The molecule has 0 unspecified atom stereocenters. The lowest BCUT2D eigenvalue weighted by molar-refractivity contribution is 0.110. The fourth-order valence-electron chi connectivity index (χ4n) is 3.54. The third-order valence-electron chi connectivity index (χ3n) is 5.07. The molecule has 2 fully saturated rings. The molecule has 26 heavy (non-hydrogen) atoms. The molecule has 0 aliphatic carbocycles. The highest BCUT2D eigenvalue weighted by Gasteiger charge is 2.26. The second kappa shape index (κ2) is 8.73. The van der Waals surface area contributed by atoms with Gasteiger partial charge in [0.2, 0.25) is 0 Å². The minimum atomic E-state index is -0.299. The molecule has 0 radical (unpaired) electrons. The van der Waals surface area contributed by atoms with Gasteiger partial charge in [0.1, 0.15) is 5.82 Å². The van der Waals surface area contributed by atoms with Crippen molar-refractivity contribution in [3.05, 3.63) is 24.4 Å². The summed E-state index contributed by atoms with van der Waals surface area (Å²) in [4.78, 5) is 32.0. The highest BCUT2D eigenvalue weighted by Crippen LogP contribution is 2.17. The van der Waals surface area contributed by atoms with E-state index in [9.17, 15) is 9.59 Å². The molecule has 2 N–H and O–H groups in total. The molecule has 142 valence electrons. The lowest BCUT2D eigenvalue weighted by Crippen LogP contribution is -2.52. The van der Waals surface area contributed by atoms with Crippen LogP contribution in [0, 0.1) is 0 Å². The Hall–Kier alpha value is -2.51. The van der Waals surface area contributed by atoms with Gasteiger partial charge in [-0.25, -0.2) is 14.6 Å². The lowest BCUT2D eigenvalue weighted by atomic mass is 10.0. The molecule has 2 aliphatic heterocycles. The van der Waals surface area contributed by atoms with Crippen molar-refractivity contribution in [3.63, 3.8) is 0 Å². The predicted molar refractivity (Wildman–Crippen MR) is 98.1 cm³/mol. The van der Waals surface area contributed by atoms with E-state index < -0.39 is 0 Å². The summed E-state index contributed by atoms with van der Waals surface area (Å²) in [7, 11) is 1.39. The number of carbonyl (C=O) groups excluding carboxylic acids is 2. The van der Waals surface area contributed by atoms with Crippen molar-refractivity contribution >= 4 is 17.9 Å². The number of methoxy groups -OCH3 is 1. The van der Waals surface area contributed by atoms with Crippen LogP contribution in [0.25, 0.3) is 0 Å². The molecule has 8 heteroatoms. The average molecular weight is 361 g/mol. The van der Waals surface area contributed by atoms with Crippen LogP contribution >= 0.6 is 0 Å². The molecule has 3 heterocycles. The first-order chi connectivity index (χ1) is 12.7. The smallest absolute Gasteiger partial charge is 0.409 e. The van der Waals surface area contributed by atoms with E-state index in [1.807, 2.05) is 18.2 Å². The van der Waals surface area contributed by atoms with Crippen LogP contribution in [0.15, 0.2) is 24.4 Å². The van der Waals surface area contributed by atoms with Gasteiger partial charge in [0, 0.05) is 44.5 Å². The van der Waals surface area contributed by atoms with Crippen LogP contribution in [0.3, 0.4) is 0 Å². The number of piperidine rings is 2. The minimum Gasteiger partial charge on any atom is -0.453 e. The first-order valence-electron chi connectivity index (χ1n) is 9.21. The van der Waals surface area contributed by atoms with Crippen LogP contribution < -0.4 is 15.5 Å². The topological polar surface area (TPSA) is 86.8 Å². The quantitative estimate of drug-likeness (QED) is 0.854. The molecule has 2 saturated heterocycles. The Balaban J connectivity index is 1.37. The molecule has 1 aromatic rings. The molecule has 0 spiro atoms. The largest absolute Gasteiger partial charge is 0.453 e. The van der Waals surface area contributed by atoms with Crippen molar-refractivity contribution in [1.29, 1.82) is 0 Å². The minimum absolute atomic E-state index is 0.101. The first-order valence-corrected chi connectivity index (χ1v) is 9.21. The zero-order valence-electron chi connectivity index (χ0n) is 15.2. The molecule has 3 rings (SSSR count). The summed E-state index contributed by atoms with van der Waals surface area (Å²) in [5.74, 6) is 0.993. The fraction of sp³-hybridized carbons (Fsp3) is 0.611. The summed E-state index contributed by atoms with van der Waals surface area (Å²) < 4.78 is 4.73. The number of nitrogens with one attached hydrogen (secondary N) is 2. The van der Waals surface area contributed by atoms with Gasteiger partial charge in [-0.2, -0.15) is 0 Å². The number of nitrogens with zero attached hydrogens (tertiary/aromatic N) is 3. The molecule has 8 nitrogen and oxygen atoms in total. The van der Waals surface area contributed by atoms with Crippen LogP contribution in [-0.2, 0) is 4.74 Å². The number of anilines is 1. The molecule has 1 aromatic heterocycles. The Labute approximate surface area is 153 Å². The van der Waals surface area contributed by atoms with Crippen molar-refractivity contribution in [2.24, 2.45) is 0 Å². The number of amides is 3. The molecule has 0 atom stereocenters. The van der Waals surface area contributed by atoms with Crippen molar-refractivity contribution in [2.45, 2.75) is 37.8 Å². The van der Waals surface area contributed by atoms with Gasteiger partial charge in [-0.15, -0.1) is 0 Å². The SMILES string of the molecule is COC(=O)N1CCC(NC(=O)NC2CCN(c3ccccn3)CC2)CC1. The summed E-state index contributed by atoms with van der Waals surface area (Å²) in [5.41, 5.74) is 0. The number of aromatic nitrogens is 1. The van der Waals surface area contributed by atoms with Crippen molar-refractivity contribution in [1.82, 2.24) is 20.5 Å². The molecule has 2 aliphatic rings. The number of likely N-dealkylation sites (tertiary alicyclic amines) is 1. The van der Waals surface area contributed by atoms with Gasteiger partial charge >= 0.3 is 12.1 Å². The van der Waals surface area contributed by atoms with Crippen molar-refractivity contribution in [3.8, 4) is 0 Å². The first kappa shape index (κ1) is 18.3. The molecular formula is C18H27N5O3. The summed E-state index contributed by atoms with van der Waals surface area (Å²) in [6, 6.07) is 6.09. The maximum atomic E-state index is 12.2. The maximum Gasteiger partial charge on any atom is 0.409 e. The van der Waals surface area contributed by atoms with Crippen molar-refractivity contribution < 1.29 is 14.3 Å². The van der Waals surface area contributed by atoms with Crippen LogP contribution in [0.5, 0.6) is 0 Å². The molecule has 0 bridgehead atoms. The zero-order valence-corrected chi connectivity index (χ0v) is 15.2. The van der Waals surface area contributed by atoms with Gasteiger partial charge < -0.3 is 25.2 Å². The Bertz CT molecular complexity index is 596. The third-order valence-corrected chi connectivity index (χ3v) is 5.07. The van der Waals surface area contributed by atoms with E-state index in [4.69, 9.17) is 4.74 Å². The predicted octanol–water partition coefficient (Wildman–Crippen LogP) is 1.58. The summed E-state index contributed by atoms with van der Waals surface area (Å²) in [6.45, 7) is 3.00. The summed E-state index contributed by atoms with van der Waals surface area (Å²) in [5, 5.41) is 6.11. The van der Waals surface area contributed by atoms with Gasteiger partial charge in [0.25, 0.3) is 0 Å². The zero-order chi connectivity index (χ0) is 18.4. The molecular weight excluding hydrogens is 334 g/mol. The second-order valence-electron chi connectivity index (χ2n) is 6.80. The van der Waals surface area contributed by atoms with E-state index >= 15 is 0 Å². The van der Waals surface area contributed by atoms with Gasteiger partial charge in [-0.05, 0) is 37.8 Å². The number of rotatable bonds is 3. The molecule has 0 aromatic carbocycles. The Morgan fingerprint density at radius 3 is 2.19 bits per heavy atom. The Morgan fingerprint density at radius 1 is 1.04 bits per heavy atom. The average Bonchev–Trinajstić information content (AvgIpc) is 2.69. The standard InChI is InChI=1S/C18H27N5O3/c1-26-18(25)23-12-7-15(8-13-23)21-17(24)20-14-5-10-22(11-6-14)16-4-2-3-9-19-16/h2-4,9,14-15H,5-8,10-13H2,1H3,(H2,20,21,24). The van der Waals surface area contributed by atoms with Crippen LogP contribution in [0.4, 0.5) is 15.4 Å². The molecule has 0 saturated carbocycles. The van der Waals surface area contributed by atoms with E-state index in [2.05, 4.69) is 20.5 Å². The van der Waals surface area contributed by atoms with Gasteiger partial charge in [-0.3, -0.25) is 0 Å². The van der Waals surface area contributed by atoms with Gasteiger partial charge in [0.15, 0.2) is 0 Å². The fourth-order valence-corrected chi connectivity index (χ4v) is 3.54. The lowest BCUT2D eigenvalue weighted by Gasteiger charge is -2.34. The van der Waals surface area contributed by atoms with Gasteiger partial charge in [0.05, 0.1) is 7.11 Å². The number of ether oxygens (including phenoxy) is 1. The number of urea groups is 1. The summed E-state index contributed by atoms with van der Waals surface area (Å²) >= 11 is 0. The number of hydrogen-bond acceptors (Lipinski definition) is 5. The highest BCUT2D eigenvalue weighted by molar-refractivity contribution is 5.74. The van der Waals surface area contributed by atoms with Crippen LogP contribution in [-0.4, -0.2) is 67.4 Å². The summed E-state index contributed by atoms with van der Waals surface area (Å²) in [6.07, 6.45) is 4.82. The van der Waals surface area contributed by atoms with E-state index in [-0.39, 0.29) is 24.2 Å². The number of carbonyl (C=O) groups is 2. The van der Waals surface area contributed by atoms with E-state index in [0.717, 1.165) is 44.6 Å². The maximum absolute atomic E-state index is 12.2. The van der Waals surface area contributed by atoms with E-state index in [1.165, 1.54) is 7.11 Å². The Morgan fingerprint density at radius 2 is 1.65 bits per heavy atom. The highest BCUT2D eigenvalue weighted by atomic mass is 16.5. The van der Waals surface area contributed by atoms with Crippen LogP contribution in [0.1, 0.15) is 25.7 Å². The second-order valence-corrected chi connectivity index (χ2v) is 6.80. The third kappa shape index (κ3) is 4.77. The number of hydrogen-bond donors (Lipinski definition) is 2. The number of pyridine rings is 1. The van der Waals surface area contributed by atoms with E-state index in [0.29, 0.717) is 13.1 Å². The normalized spacial score (nSPS) is 19.1. The monoisotopic (exact) mass is 361 g/mol.